The lowest BCUT2D eigenvalue weighted by Crippen LogP contribution is -2.00. The summed E-state index contributed by atoms with van der Waals surface area (Å²) in [5, 5.41) is 10.3. The molecule has 1 atom stereocenters. The van der Waals surface area contributed by atoms with Crippen LogP contribution in [0.5, 0.6) is 0 Å². The van der Waals surface area contributed by atoms with Gasteiger partial charge in [0.15, 0.2) is 5.16 Å². The Kier molecular flexibility index (Phi) is 6.52. The highest BCUT2D eigenvalue weighted by Gasteiger charge is 2.07. The summed E-state index contributed by atoms with van der Waals surface area (Å²) in [4.78, 5) is 8.73. The summed E-state index contributed by atoms with van der Waals surface area (Å²) in [6.45, 7) is 5.89. The largest absolute Gasteiger partial charge is 0.387 e. The highest BCUT2D eigenvalue weighted by atomic mass is 32.2. The van der Waals surface area contributed by atoms with Gasteiger partial charge >= 0.3 is 0 Å². The second-order valence-electron chi connectivity index (χ2n) is 4.30. The van der Waals surface area contributed by atoms with E-state index in [0.29, 0.717) is 5.69 Å². The van der Waals surface area contributed by atoms with E-state index < -0.39 is 6.10 Å². The molecule has 1 rings (SSSR count). The van der Waals surface area contributed by atoms with Gasteiger partial charge in [-0.2, -0.15) is 0 Å². The Morgan fingerprint density at radius 1 is 1.29 bits per heavy atom. The van der Waals surface area contributed by atoms with Gasteiger partial charge < -0.3 is 5.11 Å². The van der Waals surface area contributed by atoms with E-state index in [4.69, 9.17) is 0 Å². The summed E-state index contributed by atoms with van der Waals surface area (Å²) in [6.07, 6.45) is 4.53. The fourth-order valence-corrected chi connectivity index (χ4v) is 2.45. The third-order valence-electron chi connectivity index (χ3n) is 2.51. The van der Waals surface area contributed by atoms with Crippen LogP contribution in [-0.2, 0) is 0 Å². The maximum Gasteiger partial charge on any atom is 0.188 e. The second-order valence-corrected chi connectivity index (χ2v) is 5.36. The van der Waals surface area contributed by atoms with Crippen molar-refractivity contribution < 1.29 is 5.11 Å². The first-order chi connectivity index (χ1) is 8.13. The SMILES string of the molecule is CCCCCCSc1nc(C)cc([C@@H](C)O)n1. The van der Waals surface area contributed by atoms with Crippen molar-refractivity contribution in [3.8, 4) is 0 Å². The number of hydrogen-bond donors (Lipinski definition) is 1. The fourth-order valence-electron chi connectivity index (χ4n) is 1.54. The quantitative estimate of drug-likeness (QED) is 0.459. The Bertz CT molecular complexity index is 342. The van der Waals surface area contributed by atoms with Crippen molar-refractivity contribution in [2.45, 2.75) is 57.7 Å². The van der Waals surface area contributed by atoms with Gasteiger partial charge in [0.2, 0.25) is 0 Å². The van der Waals surface area contributed by atoms with Crippen molar-refractivity contribution in [3.63, 3.8) is 0 Å². The molecule has 0 spiro atoms. The zero-order valence-electron chi connectivity index (χ0n) is 10.9. The van der Waals surface area contributed by atoms with Gasteiger partial charge in [0.25, 0.3) is 0 Å². The Morgan fingerprint density at radius 2 is 2.06 bits per heavy atom. The van der Waals surface area contributed by atoms with E-state index in [1.165, 1.54) is 25.7 Å². The zero-order valence-corrected chi connectivity index (χ0v) is 11.8. The second kappa shape index (κ2) is 7.67. The summed E-state index contributed by atoms with van der Waals surface area (Å²) in [7, 11) is 0. The third-order valence-corrected chi connectivity index (χ3v) is 3.44. The van der Waals surface area contributed by atoms with Crippen molar-refractivity contribution in [2.75, 3.05) is 5.75 Å². The van der Waals surface area contributed by atoms with Crippen molar-refractivity contribution in [2.24, 2.45) is 0 Å². The summed E-state index contributed by atoms with van der Waals surface area (Å²) in [5.74, 6) is 1.06. The van der Waals surface area contributed by atoms with Crippen molar-refractivity contribution in [3.05, 3.63) is 17.5 Å². The van der Waals surface area contributed by atoms with E-state index in [1.54, 1.807) is 18.7 Å². The number of rotatable bonds is 7. The molecule has 1 aromatic rings. The summed E-state index contributed by atoms with van der Waals surface area (Å²) in [6, 6.07) is 1.84. The molecule has 0 aromatic carbocycles. The van der Waals surface area contributed by atoms with Crippen molar-refractivity contribution >= 4 is 11.8 Å². The van der Waals surface area contributed by atoms with E-state index in [9.17, 15) is 5.11 Å². The molecule has 3 nitrogen and oxygen atoms in total. The van der Waals surface area contributed by atoms with Crippen LogP contribution in [0.2, 0.25) is 0 Å². The normalized spacial score (nSPS) is 12.7. The van der Waals surface area contributed by atoms with Gasteiger partial charge in [-0.25, -0.2) is 9.97 Å². The number of aryl methyl sites for hydroxylation is 1. The van der Waals surface area contributed by atoms with Crippen molar-refractivity contribution in [1.29, 1.82) is 0 Å². The van der Waals surface area contributed by atoms with Gasteiger partial charge in [-0.15, -0.1) is 0 Å². The molecule has 0 aliphatic carbocycles. The molecule has 0 fully saturated rings. The monoisotopic (exact) mass is 254 g/mol. The van der Waals surface area contributed by atoms with Crippen LogP contribution < -0.4 is 0 Å². The number of aliphatic hydroxyl groups excluding tert-OH is 1. The highest BCUT2D eigenvalue weighted by Crippen LogP contribution is 2.19. The average Bonchev–Trinajstić information content (AvgIpc) is 2.28. The first-order valence-electron chi connectivity index (χ1n) is 6.30. The topological polar surface area (TPSA) is 46.0 Å². The molecule has 0 aliphatic rings. The van der Waals surface area contributed by atoms with Gasteiger partial charge in [-0.05, 0) is 26.3 Å². The highest BCUT2D eigenvalue weighted by molar-refractivity contribution is 7.99. The Hall–Kier alpha value is -0.610. The maximum atomic E-state index is 9.51. The average molecular weight is 254 g/mol. The van der Waals surface area contributed by atoms with Crippen LogP contribution in [0, 0.1) is 6.92 Å². The van der Waals surface area contributed by atoms with Crippen LogP contribution >= 0.6 is 11.8 Å². The zero-order chi connectivity index (χ0) is 12.7. The minimum atomic E-state index is -0.517. The van der Waals surface area contributed by atoms with Gasteiger partial charge in [0.05, 0.1) is 11.8 Å². The Labute approximate surface area is 108 Å². The van der Waals surface area contributed by atoms with Crippen LogP contribution in [-0.4, -0.2) is 20.8 Å². The number of aromatic nitrogens is 2. The summed E-state index contributed by atoms with van der Waals surface area (Å²) < 4.78 is 0. The molecule has 4 heteroatoms. The molecule has 1 heterocycles. The predicted molar refractivity (Wildman–Crippen MR) is 72.3 cm³/mol. The minimum absolute atomic E-state index is 0.517. The number of nitrogens with zero attached hydrogens (tertiary/aromatic N) is 2. The molecule has 17 heavy (non-hydrogen) atoms. The van der Waals surface area contributed by atoms with E-state index in [2.05, 4.69) is 16.9 Å². The molecule has 0 saturated carbocycles. The lowest BCUT2D eigenvalue weighted by molar-refractivity contribution is 0.193. The van der Waals surface area contributed by atoms with Crippen molar-refractivity contribution in [1.82, 2.24) is 9.97 Å². The van der Waals surface area contributed by atoms with E-state index in [0.717, 1.165) is 16.6 Å². The standard InChI is InChI=1S/C13H22N2OS/c1-4-5-6-7-8-17-13-14-10(2)9-12(15-13)11(3)16/h9,11,16H,4-8H2,1-3H3/t11-/m1/s1. The maximum absolute atomic E-state index is 9.51. The molecular formula is C13H22N2OS. The van der Waals surface area contributed by atoms with Crippen LogP contribution in [0.4, 0.5) is 0 Å². The molecule has 0 aliphatic heterocycles. The van der Waals surface area contributed by atoms with Crippen LogP contribution in [0.1, 0.15) is 57.0 Å². The number of hydrogen-bond acceptors (Lipinski definition) is 4. The molecule has 1 aromatic heterocycles. The molecular weight excluding hydrogens is 232 g/mol. The molecule has 0 unspecified atom stereocenters. The van der Waals surface area contributed by atoms with Crippen LogP contribution in [0.25, 0.3) is 0 Å². The fraction of sp³-hybridized carbons (Fsp3) is 0.692. The third kappa shape index (κ3) is 5.50. The van der Waals surface area contributed by atoms with Gasteiger partial charge in [-0.3, -0.25) is 0 Å². The number of unbranched alkanes of at least 4 members (excludes halogenated alkanes) is 3. The molecule has 1 N–H and O–H groups in total. The van der Waals surface area contributed by atoms with E-state index in [-0.39, 0.29) is 0 Å². The van der Waals surface area contributed by atoms with Crippen LogP contribution in [0.3, 0.4) is 0 Å². The Balaban J connectivity index is 2.47. The van der Waals surface area contributed by atoms with Gasteiger partial charge in [0, 0.05) is 11.4 Å². The van der Waals surface area contributed by atoms with Gasteiger partial charge in [0.1, 0.15) is 0 Å². The summed E-state index contributed by atoms with van der Waals surface area (Å²) >= 11 is 1.68. The minimum Gasteiger partial charge on any atom is -0.387 e. The lowest BCUT2D eigenvalue weighted by atomic mass is 10.2. The van der Waals surface area contributed by atoms with E-state index in [1.807, 2.05) is 13.0 Å². The molecule has 0 saturated heterocycles. The molecule has 0 bridgehead atoms. The van der Waals surface area contributed by atoms with Crippen LogP contribution in [0.15, 0.2) is 11.2 Å². The number of thioether (sulfide) groups is 1. The molecule has 0 amide bonds. The smallest absolute Gasteiger partial charge is 0.188 e. The van der Waals surface area contributed by atoms with E-state index >= 15 is 0 Å². The first-order valence-corrected chi connectivity index (χ1v) is 7.28. The molecule has 0 radical (unpaired) electrons. The lowest BCUT2D eigenvalue weighted by Gasteiger charge is -2.07. The summed E-state index contributed by atoms with van der Waals surface area (Å²) in [5.41, 5.74) is 1.64. The Morgan fingerprint density at radius 3 is 2.71 bits per heavy atom. The first kappa shape index (κ1) is 14.5. The predicted octanol–water partition coefficient (Wildman–Crippen LogP) is 3.51. The molecule has 96 valence electrons. The van der Waals surface area contributed by atoms with Gasteiger partial charge in [-0.1, -0.05) is 37.9 Å². The number of aliphatic hydroxyl groups is 1.